The molecule has 4 heterocycles. The maximum Gasteiger partial charge on any atom is 0.159 e. The van der Waals surface area contributed by atoms with Gasteiger partial charge < -0.3 is 14.8 Å². The molecule has 2 aliphatic heterocycles. The van der Waals surface area contributed by atoms with Gasteiger partial charge >= 0.3 is 0 Å². The number of H-pyrrole nitrogens is 2. The van der Waals surface area contributed by atoms with E-state index >= 15 is 0 Å². The van der Waals surface area contributed by atoms with E-state index in [9.17, 15) is 0 Å². The summed E-state index contributed by atoms with van der Waals surface area (Å²) in [6.07, 6.45) is 3.76. The van der Waals surface area contributed by atoms with Crippen molar-refractivity contribution in [1.29, 1.82) is 0 Å². The zero-order chi connectivity index (χ0) is 22.5. The standard InChI is InChI=1S/C25H30ClN7/c1-31(2)19-9-12-33(15-19)17-7-10-32(11-8-17)18-4-6-21-23(14-18)28-25(27-21)24-20-5-3-16(26)13-22(20)29-30-24/h3-6,13-14,17,19H,7-12,15H2,1-2H3,(H,27,28)(H,29,30). The first-order chi connectivity index (χ1) is 16.0. The number of piperidine rings is 1. The monoisotopic (exact) mass is 463 g/mol. The van der Waals surface area contributed by atoms with Crippen LogP contribution in [0.15, 0.2) is 36.4 Å². The van der Waals surface area contributed by atoms with Gasteiger partial charge in [0.15, 0.2) is 5.82 Å². The van der Waals surface area contributed by atoms with E-state index in [1.54, 1.807) is 0 Å². The third kappa shape index (κ3) is 3.88. The highest BCUT2D eigenvalue weighted by Crippen LogP contribution is 2.31. The van der Waals surface area contributed by atoms with Gasteiger partial charge in [0.25, 0.3) is 0 Å². The number of fused-ring (bicyclic) bond motifs is 2. The van der Waals surface area contributed by atoms with Crippen molar-refractivity contribution >= 4 is 39.2 Å². The Hall–Kier alpha value is -2.61. The molecule has 33 heavy (non-hydrogen) atoms. The number of anilines is 1. The molecule has 7 nitrogen and oxygen atoms in total. The van der Waals surface area contributed by atoms with Gasteiger partial charge in [0.1, 0.15) is 5.69 Å². The normalized spacial score (nSPS) is 20.6. The summed E-state index contributed by atoms with van der Waals surface area (Å²) in [6.45, 7) is 4.66. The van der Waals surface area contributed by atoms with Gasteiger partial charge in [-0.2, -0.15) is 5.10 Å². The maximum absolute atomic E-state index is 6.11. The Kier molecular flexibility index (Phi) is 5.28. The number of benzene rings is 2. The number of hydrogen-bond donors (Lipinski definition) is 2. The average Bonchev–Trinajstić information content (AvgIpc) is 3.56. The van der Waals surface area contributed by atoms with Crippen molar-refractivity contribution in [2.75, 3.05) is 45.2 Å². The molecule has 6 rings (SSSR count). The highest BCUT2D eigenvalue weighted by molar-refractivity contribution is 6.31. The van der Waals surface area contributed by atoms with Crippen molar-refractivity contribution in [3.8, 4) is 11.5 Å². The summed E-state index contributed by atoms with van der Waals surface area (Å²) >= 11 is 6.11. The van der Waals surface area contributed by atoms with Crippen LogP contribution in [0.2, 0.25) is 5.02 Å². The Bertz CT molecular complexity index is 1280. The number of likely N-dealkylation sites (N-methyl/N-ethyl adjacent to an activating group) is 1. The number of halogens is 1. The Morgan fingerprint density at radius 1 is 1.00 bits per heavy atom. The van der Waals surface area contributed by atoms with Crippen molar-refractivity contribution in [2.45, 2.75) is 31.3 Å². The number of likely N-dealkylation sites (tertiary alicyclic amines) is 1. The summed E-state index contributed by atoms with van der Waals surface area (Å²) in [7, 11) is 4.41. The lowest BCUT2D eigenvalue weighted by Gasteiger charge is -2.38. The molecule has 2 aromatic heterocycles. The van der Waals surface area contributed by atoms with Crippen LogP contribution in [0.5, 0.6) is 0 Å². The van der Waals surface area contributed by atoms with Crippen LogP contribution in [-0.4, -0.2) is 82.3 Å². The van der Waals surface area contributed by atoms with Crippen molar-refractivity contribution in [1.82, 2.24) is 30.0 Å². The molecule has 2 saturated heterocycles. The van der Waals surface area contributed by atoms with Gasteiger partial charge in [-0.25, -0.2) is 4.98 Å². The van der Waals surface area contributed by atoms with Crippen LogP contribution in [0.4, 0.5) is 5.69 Å². The van der Waals surface area contributed by atoms with Crippen molar-refractivity contribution in [3.63, 3.8) is 0 Å². The Morgan fingerprint density at radius 2 is 1.85 bits per heavy atom. The molecule has 0 spiro atoms. The van der Waals surface area contributed by atoms with E-state index in [-0.39, 0.29) is 0 Å². The van der Waals surface area contributed by atoms with E-state index in [0.717, 1.165) is 52.6 Å². The second-order valence-corrected chi connectivity index (χ2v) is 10.1. The summed E-state index contributed by atoms with van der Waals surface area (Å²) < 4.78 is 0. The molecule has 172 valence electrons. The van der Waals surface area contributed by atoms with E-state index in [1.165, 1.54) is 38.0 Å². The van der Waals surface area contributed by atoms with Gasteiger partial charge in [-0.05, 0) is 69.8 Å². The Labute approximate surface area is 198 Å². The highest BCUT2D eigenvalue weighted by Gasteiger charge is 2.31. The molecule has 1 unspecified atom stereocenters. The highest BCUT2D eigenvalue weighted by atomic mass is 35.5. The largest absolute Gasteiger partial charge is 0.371 e. The molecule has 2 aliphatic rings. The van der Waals surface area contributed by atoms with Crippen molar-refractivity contribution in [3.05, 3.63) is 41.4 Å². The Morgan fingerprint density at radius 3 is 2.64 bits per heavy atom. The van der Waals surface area contributed by atoms with Gasteiger partial charge in [0.05, 0.1) is 16.6 Å². The van der Waals surface area contributed by atoms with Crippen LogP contribution >= 0.6 is 11.6 Å². The molecule has 4 aromatic rings. The zero-order valence-corrected chi connectivity index (χ0v) is 19.9. The van der Waals surface area contributed by atoms with E-state index in [2.05, 4.69) is 62.2 Å². The summed E-state index contributed by atoms with van der Waals surface area (Å²) in [4.78, 5) is 15.9. The first-order valence-electron chi connectivity index (χ1n) is 11.8. The molecule has 0 amide bonds. The summed E-state index contributed by atoms with van der Waals surface area (Å²) in [5.74, 6) is 0.777. The first-order valence-corrected chi connectivity index (χ1v) is 12.2. The summed E-state index contributed by atoms with van der Waals surface area (Å²) in [5.41, 5.74) is 5.00. The van der Waals surface area contributed by atoms with Crippen LogP contribution in [0, 0.1) is 0 Å². The minimum atomic E-state index is 0.693. The average molecular weight is 464 g/mol. The molecular formula is C25H30ClN7. The minimum absolute atomic E-state index is 0.693. The van der Waals surface area contributed by atoms with Crippen LogP contribution in [0.3, 0.4) is 0 Å². The lowest BCUT2D eigenvalue weighted by Crippen LogP contribution is -2.45. The number of nitrogens with zero attached hydrogens (tertiary/aromatic N) is 5. The minimum Gasteiger partial charge on any atom is -0.371 e. The number of rotatable bonds is 4. The lowest BCUT2D eigenvalue weighted by molar-refractivity contribution is 0.189. The predicted octanol–water partition coefficient (Wildman–Crippen LogP) is 4.36. The fourth-order valence-electron chi connectivity index (χ4n) is 5.49. The SMILES string of the molecule is CN(C)C1CCN(C2CCN(c3ccc4nc(-c5n[nH]c6cc(Cl)ccc56)[nH]c4c3)CC2)C1. The molecule has 1 atom stereocenters. The van der Waals surface area contributed by atoms with Gasteiger partial charge in [-0.1, -0.05) is 11.6 Å². The number of nitrogens with one attached hydrogen (secondary N) is 2. The zero-order valence-electron chi connectivity index (χ0n) is 19.2. The maximum atomic E-state index is 6.11. The second-order valence-electron chi connectivity index (χ2n) is 9.67. The molecule has 8 heteroatoms. The number of hydrogen-bond acceptors (Lipinski definition) is 5. The predicted molar refractivity (Wildman–Crippen MR) is 135 cm³/mol. The van der Waals surface area contributed by atoms with E-state index in [1.807, 2.05) is 18.2 Å². The lowest BCUT2D eigenvalue weighted by atomic mass is 10.0. The summed E-state index contributed by atoms with van der Waals surface area (Å²) in [5, 5.41) is 9.25. The van der Waals surface area contributed by atoms with Gasteiger partial charge in [0, 0.05) is 54.4 Å². The molecule has 0 radical (unpaired) electrons. The third-order valence-electron chi connectivity index (χ3n) is 7.49. The molecule has 0 aliphatic carbocycles. The molecule has 2 N–H and O–H groups in total. The quantitative estimate of drug-likeness (QED) is 0.470. The fourth-order valence-corrected chi connectivity index (χ4v) is 5.66. The van der Waals surface area contributed by atoms with Crippen LogP contribution in [0.1, 0.15) is 19.3 Å². The van der Waals surface area contributed by atoms with Crippen LogP contribution < -0.4 is 4.90 Å². The third-order valence-corrected chi connectivity index (χ3v) is 7.72. The Balaban J connectivity index is 1.18. The molecule has 0 saturated carbocycles. The van der Waals surface area contributed by atoms with E-state index in [0.29, 0.717) is 11.1 Å². The van der Waals surface area contributed by atoms with Gasteiger partial charge in [0.2, 0.25) is 0 Å². The molecule has 2 aromatic carbocycles. The van der Waals surface area contributed by atoms with E-state index in [4.69, 9.17) is 16.6 Å². The van der Waals surface area contributed by atoms with Gasteiger partial charge in [-0.15, -0.1) is 0 Å². The smallest absolute Gasteiger partial charge is 0.159 e. The van der Waals surface area contributed by atoms with Gasteiger partial charge in [-0.3, -0.25) is 10.00 Å². The van der Waals surface area contributed by atoms with Crippen LogP contribution in [-0.2, 0) is 0 Å². The molecular weight excluding hydrogens is 434 g/mol. The van der Waals surface area contributed by atoms with Crippen molar-refractivity contribution < 1.29 is 0 Å². The van der Waals surface area contributed by atoms with Crippen LogP contribution in [0.25, 0.3) is 33.5 Å². The molecule has 0 bridgehead atoms. The van der Waals surface area contributed by atoms with E-state index < -0.39 is 0 Å². The molecule has 2 fully saturated rings. The topological polar surface area (TPSA) is 67.1 Å². The fraction of sp³-hybridized carbons (Fsp3) is 0.440. The first kappa shape index (κ1) is 21.0. The number of imidazole rings is 1. The number of aromatic amines is 2. The second kappa shape index (κ2) is 8.31. The number of aromatic nitrogens is 4. The summed E-state index contributed by atoms with van der Waals surface area (Å²) in [6, 6.07) is 13.7. The van der Waals surface area contributed by atoms with Crippen molar-refractivity contribution in [2.24, 2.45) is 0 Å².